The molecule has 2 aromatic heterocycles. The minimum absolute atomic E-state index is 0. The van der Waals surface area contributed by atoms with Gasteiger partial charge in [-0.2, -0.15) is 0 Å². The predicted octanol–water partition coefficient (Wildman–Crippen LogP) is 8.11. The van der Waals surface area contributed by atoms with Crippen molar-refractivity contribution >= 4 is 23.1 Å². The summed E-state index contributed by atoms with van der Waals surface area (Å²) in [5.41, 5.74) is 7.95. The Kier molecular flexibility index (Phi) is 6.95. The van der Waals surface area contributed by atoms with Crippen LogP contribution >= 0.6 is 0 Å². The van der Waals surface area contributed by atoms with Gasteiger partial charge in [-0.1, -0.05) is 85.2 Å². The van der Waals surface area contributed by atoms with E-state index in [0.717, 1.165) is 56.2 Å². The van der Waals surface area contributed by atoms with Crippen LogP contribution in [-0.2, 0) is 20.1 Å². The van der Waals surface area contributed by atoms with Gasteiger partial charge in [0.05, 0.1) is 0 Å². The number of rotatable bonds is 3. The molecule has 0 saturated carbocycles. The van der Waals surface area contributed by atoms with Crippen LogP contribution < -0.4 is 25.9 Å². The number of fused-ring (bicyclic) bond motifs is 4. The van der Waals surface area contributed by atoms with Gasteiger partial charge in [-0.3, -0.25) is 0 Å². The Balaban J connectivity index is 0.000000164. The van der Waals surface area contributed by atoms with Crippen LogP contribution in [0, 0.1) is 25.8 Å². The largest absolute Gasteiger partial charge is 0.503 e. The molecule has 0 saturated heterocycles. The average Bonchev–Trinajstić information content (AvgIpc) is 3.18. The summed E-state index contributed by atoms with van der Waals surface area (Å²) in [7, 11) is 0. The molecule has 233 valence electrons. The van der Waals surface area contributed by atoms with E-state index < -0.39 is 13.7 Å². The van der Waals surface area contributed by atoms with Gasteiger partial charge in [0, 0.05) is 51.9 Å². The fraction of sp³-hybridized carbons (Fsp3) is 0.0476. The molecule has 0 amide bonds. The van der Waals surface area contributed by atoms with Crippen molar-refractivity contribution in [2.75, 3.05) is 0 Å². The van der Waals surface area contributed by atoms with E-state index in [0.29, 0.717) is 16.8 Å². The molecule has 0 unspecified atom stereocenters. The molecule has 5 aromatic carbocycles. The van der Waals surface area contributed by atoms with Crippen LogP contribution in [0.3, 0.4) is 0 Å². The number of para-hydroxylation sites is 1. The van der Waals surface area contributed by atoms with Gasteiger partial charge in [-0.15, -0.1) is 59.1 Å². The Morgan fingerprint density at radius 1 is 0.688 bits per heavy atom. The van der Waals surface area contributed by atoms with Crippen LogP contribution in [0.15, 0.2) is 140 Å². The zero-order valence-electron chi connectivity index (χ0n) is 31.4. The molecular formula is C42H29BIrN2O2-2. The van der Waals surface area contributed by atoms with Crippen molar-refractivity contribution in [3.05, 3.63) is 163 Å². The zero-order chi connectivity index (χ0) is 36.7. The van der Waals surface area contributed by atoms with E-state index in [4.69, 9.17) is 17.7 Å². The van der Waals surface area contributed by atoms with Gasteiger partial charge in [-0.25, -0.2) is 0 Å². The summed E-state index contributed by atoms with van der Waals surface area (Å²) in [6, 6.07) is 45.9. The van der Waals surface area contributed by atoms with Crippen LogP contribution in [0.25, 0.3) is 33.6 Å². The van der Waals surface area contributed by atoms with Crippen LogP contribution in [0.1, 0.15) is 19.4 Å². The first kappa shape index (κ1) is 24.8. The number of hydrogen-bond acceptors (Lipinski definition) is 4. The quantitative estimate of drug-likeness (QED) is 0.134. The number of aryl methyl sites for hydroxylation is 2. The number of ether oxygens (including phenoxy) is 2. The Bertz CT molecular complexity index is 2440. The first-order valence-electron chi connectivity index (χ1n) is 18.2. The molecule has 9 rings (SSSR count). The summed E-state index contributed by atoms with van der Waals surface area (Å²) in [6.45, 7) is -4.41. The fourth-order valence-electron chi connectivity index (χ4n) is 6.09. The summed E-state index contributed by atoms with van der Waals surface area (Å²) in [5, 5.41) is 0. The van der Waals surface area contributed by atoms with Gasteiger partial charge in [0.25, 0.3) is 0 Å². The van der Waals surface area contributed by atoms with E-state index in [-0.39, 0.29) is 37.9 Å². The average molecular weight is 803 g/mol. The van der Waals surface area contributed by atoms with E-state index >= 15 is 0 Å². The van der Waals surface area contributed by atoms with Crippen LogP contribution in [0.2, 0.25) is 0 Å². The zero-order valence-corrected chi connectivity index (χ0v) is 27.8. The maximum Gasteiger partial charge on any atom is 0.241 e. The van der Waals surface area contributed by atoms with E-state index in [2.05, 4.69) is 40.3 Å². The van der Waals surface area contributed by atoms with Crippen molar-refractivity contribution in [2.24, 2.45) is 0 Å². The topological polar surface area (TPSA) is 44.2 Å². The molecular weight excluding hydrogens is 768 g/mol. The summed E-state index contributed by atoms with van der Waals surface area (Å²) in [5.74, 6) is 3.40. The van der Waals surface area contributed by atoms with Crippen molar-refractivity contribution < 1.29 is 37.8 Å². The molecule has 0 N–H and O–H groups in total. The van der Waals surface area contributed by atoms with Crippen molar-refractivity contribution in [1.29, 1.82) is 0 Å². The van der Waals surface area contributed by atoms with Crippen LogP contribution in [0.4, 0.5) is 0 Å². The molecule has 4 heterocycles. The predicted molar refractivity (Wildman–Crippen MR) is 190 cm³/mol. The van der Waals surface area contributed by atoms with Gasteiger partial charge in [-0.05, 0) is 64.7 Å². The van der Waals surface area contributed by atoms with E-state index in [1.54, 1.807) is 18.3 Å². The second kappa shape index (κ2) is 13.4. The normalized spacial score (nSPS) is 14.0. The third-order valence-corrected chi connectivity index (χ3v) is 8.27. The first-order chi connectivity index (χ1) is 25.6. The molecule has 6 heteroatoms. The number of benzene rings is 5. The minimum Gasteiger partial charge on any atom is -0.503 e. The SMILES string of the molecule is [2H]C([2H])([2H])c1c[c-]c(-c2cc(-c3ccccc3)c(C([2H])([2H])[2H])cn2)cc1.[Ir].[c-]1ccc2c(c1-c1ccccn1)Oc1cccc3c1B2c1ccccc1O3. The smallest absolute Gasteiger partial charge is 0.241 e. The van der Waals surface area contributed by atoms with Gasteiger partial charge in [0.1, 0.15) is 17.2 Å². The maximum atomic E-state index is 7.76. The Hall–Kier alpha value is -5.29. The van der Waals surface area contributed by atoms with E-state index in [9.17, 15) is 0 Å². The second-order valence-corrected chi connectivity index (χ2v) is 11.2. The summed E-state index contributed by atoms with van der Waals surface area (Å²) >= 11 is 0. The number of hydrogen-bond donors (Lipinski definition) is 0. The Labute approximate surface area is 303 Å². The molecule has 0 aliphatic carbocycles. The van der Waals surface area contributed by atoms with Gasteiger partial charge in [0.15, 0.2) is 0 Å². The van der Waals surface area contributed by atoms with Crippen molar-refractivity contribution in [3.63, 3.8) is 0 Å². The molecule has 0 atom stereocenters. The van der Waals surface area contributed by atoms with Crippen LogP contribution in [-0.4, -0.2) is 16.7 Å². The molecule has 4 nitrogen and oxygen atoms in total. The number of pyridine rings is 2. The van der Waals surface area contributed by atoms with E-state index in [1.807, 2.05) is 84.9 Å². The van der Waals surface area contributed by atoms with E-state index in [1.165, 1.54) is 18.3 Å². The second-order valence-electron chi connectivity index (χ2n) is 11.2. The molecule has 7 aromatic rings. The summed E-state index contributed by atoms with van der Waals surface area (Å²) < 4.78 is 58.1. The van der Waals surface area contributed by atoms with Crippen LogP contribution in [0.5, 0.6) is 23.0 Å². The van der Waals surface area contributed by atoms with Gasteiger partial charge >= 0.3 is 0 Å². The Morgan fingerprint density at radius 2 is 1.50 bits per heavy atom. The molecule has 2 aliphatic rings. The summed E-state index contributed by atoms with van der Waals surface area (Å²) in [6.07, 6.45) is 3.15. The minimum atomic E-state index is -2.29. The maximum absolute atomic E-state index is 7.76. The molecule has 1 radical (unpaired) electrons. The number of aromatic nitrogens is 2. The molecule has 48 heavy (non-hydrogen) atoms. The molecule has 2 aliphatic heterocycles. The van der Waals surface area contributed by atoms with Gasteiger partial charge in [0.2, 0.25) is 6.71 Å². The molecule has 0 fully saturated rings. The molecule has 0 bridgehead atoms. The monoisotopic (exact) mass is 803 g/mol. The summed E-state index contributed by atoms with van der Waals surface area (Å²) in [4.78, 5) is 8.77. The fourth-order valence-corrected chi connectivity index (χ4v) is 6.09. The standard InChI is InChI=1S/C23H13BNO2.C19H16N.Ir/c1-2-11-19-16(8-1)24-17-9-5-7-15(18-10-3-4-14-25-18)23(17)27-21-13-6-12-20(26-19)22(21)24;1-14-8-10-17(11-9-14)19-12-18(15(2)13-20-19)16-6-4-3-5-7-16;/h1-6,8-14H;3-10,12-13H,1-2H3;/q2*-1;/i;1D3,2D3;. The van der Waals surface area contributed by atoms with Gasteiger partial charge < -0.3 is 19.4 Å². The molecule has 0 spiro atoms. The third kappa shape index (κ3) is 5.86. The number of nitrogens with zero attached hydrogens (tertiary/aromatic N) is 2. The Morgan fingerprint density at radius 3 is 2.29 bits per heavy atom. The third-order valence-electron chi connectivity index (χ3n) is 8.27. The van der Waals surface area contributed by atoms with Crippen molar-refractivity contribution in [1.82, 2.24) is 9.97 Å². The van der Waals surface area contributed by atoms with Crippen molar-refractivity contribution in [2.45, 2.75) is 13.7 Å². The first-order valence-corrected chi connectivity index (χ1v) is 15.2. The van der Waals surface area contributed by atoms with Crippen molar-refractivity contribution in [3.8, 4) is 56.6 Å².